The topological polar surface area (TPSA) is 46.0 Å². The molecular formula is C22H15NO2. The van der Waals surface area contributed by atoms with Crippen LogP contribution in [-0.4, -0.2) is 4.98 Å². The van der Waals surface area contributed by atoms with Crippen molar-refractivity contribution in [2.75, 3.05) is 0 Å². The summed E-state index contributed by atoms with van der Waals surface area (Å²) in [6.45, 7) is 0. The first kappa shape index (κ1) is 14.1. The summed E-state index contributed by atoms with van der Waals surface area (Å²) >= 11 is 0. The molecule has 0 saturated carbocycles. The lowest BCUT2D eigenvalue weighted by molar-refractivity contribution is 0.553. The number of H-pyrrole nitrogens is 1. The molecule has 1 N–H and O–H groups in total. The zero-order valence-corrected chi connectivity index (χ0v) is 13.5. The molecule has 0 aliphatic carbocycles. The molecule has 0 aliphatic heterocycles. The van der Waals surface area contributed by atoms with Crippen LogP contribution in [0, 0.1) is 0 Å². The molecule has 0 fully saturated rings. The van der Waals surface area contributed by atoms with Gasteiger partial charge in [0, 0.05) is 34.5 Å². The molecule has 2 heterocycles. The summed E-state index contributed by atoms with van der Waals surface area (Å²) in [6, 6.07) is 22.1. The Kier molecular flexibility index (Phi) is 3.01. The fraction of sp³-hybridized carbons (Fsp3) is 0.0455. The van der Waals surface area contributed by atoms with Crippen LogP contribution in [0.15, 0.2) is 82.1 Å². The maximum Gasteiger partial charge on any atom is 0.339 e. The molecule has 3 nitrogen and oxygen atoms in total. The van der Waals surface area contributed by atoms with Gasteiger partial charge >= 0.3 is 5.63 Å². The summed E-state index contributed by atoms with van der Waals surface area (Å²) in [7, 11) is 0. The van der Waals surface area contributed by atoms with Gasteiger partial charge in [0.2, 0.25) is 0 Å². The highest BCUT2D eigenvalue weighted by Gasteiger charge is 2.11. The molecule has 3 heteroatoms. The Morgan fingerprint density at radius 2 is 1.60 bits per heavy atom. The van der Waals surface area contributed by atoms with Crippen LogP contribution in [0.3, 0.4) is 0 Å². The van der Waals surface area contributed by atoms with E-state index in [-0.39, 0.29) is 5.63 Å². The summed E-state index contributed by atoms with van der Waals surface area (Å²) in [5.74, 6) is 0. The predicted octanol–water partition coefficient (Wildman–Crippen LogP) is 5.02. The van der Waals surface area contributed by atoms with E-state index in [0.29, 0.717) is 17.6 Å². The van der Waals surface area contributed by atoms with Crippen molar-refractivity contribution in [3.63, 3.8) is 0 Å². The Morgan fingerprint density at radius 3 is 2.52 bits per heavy atom. The number of hydrogen-bond donors (Lipinski definition) is 1. The lowest BCUT2D eigenvalue weighted by Gasteiger charge is -2.05. The van der Waals surface area contributed by atoms with Crippen molar-refractivity contribution >= 4 is 32.6 Å². The van der Waals surface area contributed by atoms with Gasteiger partial charge in [-0.15, -0.1) is 0 Å². The van der Waals surface area contributed by atoms with E-state index in [1.54, 1.807) is 0 Å². The van der Waals surface area contributed by atoms with E-state index in [2.05, 4.69) is 23.2 Å². The average Bonchev–Trinajstić information content (AvgIpc) is 3.05. The third-order valence-electron chi connectivity index (χ3n) is 4.77. The predicted molar refractivity (Wildman–Crippen MR) is 101 cm³/mol. The van der Waals surface area contributed by atoms with E-state index in [1.165, 1.54) is 0 Å². The SMILES string of the molecule is O=c1oc2ccc3ccccc3c2cc1Cc1c[nH]c2ccccc12. The van der Waals surface area contributed by atoms with E-state index in [9.17, 15) is 4.79 Å². The normalized spacial score (nSPS) is 11.5. The molecule has 25 heavy (non-hydrogen) atoms. The van der Waals surface area contributed by atoms with E-state index in [4.69, 9.17) is 4.42 Å². The molecule has 0 radical (unpaired) electrons. The summed E-state index contributed by atoms with van der Waals surface area (Å²) in [5, 5.41) is 4.36. The van der Waals surface area contributed by atoms with Gasteiger partial charge in [-0.2, -0.15) is 0 Å². The van der Waals surface area contributed by atoms with Crippen LogP contribution in [-0.2, 0) is 6.42 Å². The van der Waals surface area contributed by atoms with Crippen LogP contribution in [0.2, 0.25) is 0 Å². The lowest BCUT2D eigenvalue weighted by atomic mass is 10.0. The largest absolute Gasteiger partial charge is 0.422 e. The summed E-state index contributed by atoms with van der Waals surface area (Å²) < 4.78 is 5.60. The van der Waals surface area contributed by atoms with Crippen LogP contribution in [0.4, 0.5) is 0 Å². The molecule has 2 aromatic heterocycles. The van der Waals surface area contributed by atoms with Gasteiger partial charge in [0.05, 0.1) is 0 Å². The molecule has 0 aliphatic rings. The van der Waals surface area contributed by atoms with Crippen LogP contribution in [0.25, 0.3) is 32.6 Å². The standard InChI is InChI=1S/C22H15NO2/c24-22-15(11-16-13-23-20-8-4-3-7-18(16)20)12-19-17-6-2-1-5-14(17)9-10-21(19)25-22/h1-10,12-13,23H,11H2. The number of benzene rings is 3. The third kappa shape index (κ3) is 2.24. The number of aromatic nitrogens is 1. The van der Waals surface area contributed by atoms with Gasteiger partial charge in [-0.05, 0) is 34.5 Å². The highest BCUT2D eigenvalue weighted by Crippen LogP contribution is 2.26. The molecule has 0 bridgehead atoms. The Labute approximate surface area is 143 Å². The van der Waals surface area contributed by atoms with Gasteiger partial charge in [-0.1, -0.05) is 48.5 Å². The monoisotopic (exact) mass is 325 g/mol. The van der Waals surface area contributed by atoms with Crippen molar-refractivity contribution in [2.45, 2.75) is 6.42 Å². The van der Waals surface area contributed by atoms with Crippen LogP contribution >= 0.6 is 0 Å². The average molecular weight is 325 g/mol. The van der Waals surface area contributed by atoms with Crippen molar-refractivity contribution < 1.29 is 4.42 Å². The zero-order valence-electron chi connectivity index (χ0n) is 13.5. The maximum atomic E-state index is 12.5. The molecule has 120 valence electrons. The first-order chi connectivity index (χ1) is 12.3. The second-order valence-electron chi connectivity index (χ2n) is 6.29. The van der Waals surface area contributed by atoms with Crippen molar-refractivity contribution in [1.82, 2.24) is 4.98 Å². The molecule has 5 rings (SSSR count). The first-order valence-corrected chi connectivity index (χ1v) is 8.29. The second kappa shape index (κ2) is 5.35. The second-order valence-corrected chi connectivity index (χ2v) is 6.29. The minimum atomic E-state index is -0.270. The number of rotatable bonds is 2. The minimum absolute atomic E-state index is 0.270. The summed E-state index contributed by atoms with van der Waals surface area (Å²) in [6.07, 6.45) is 2.52. The number of nitrogens with one attached hydrogen (secondary N) is 1. The van der Waals surface area contributed by atoms with Gasteiger partial charge in [-0.3, -0.25) is 0 Å². The molecule has 0 amide bonds. The van der Waals surface area contributed by atoms with Gasteiger partial charge in [-0.25, -0.2) is 4.79 Å². The first-order valence-electron chi connectivity index (χ1n) is 8.29. The fourth-order valence-electron chi connectivity index (χ4n) is 3.52. The fourth-order valence-corrected chi connectivity index (χ4v) is 3.52. The van der Waals surface area contributed by atoms with Crippen LogP contribution in [0.1, 0.15) is 11.1 Å². The van der Waals surface area contributed by atoms with Gasteiger partial charge in [0.25, 0.3) is 0 Å². The van der Waals surface area contributed by atoms with E-state index < -0.39 is 0 Å². The molecular weight excluding hydrogens is 310 g/mol. The Bertz CT molecular complexity index is 1290. The molecule has 3 aromatic carbocycles. The Morgan fingerprint density at radius 1 is 0.800 bits per heavy atom. The quantitative estimate of drug-likeness (QED) is 0.366. The molecule has 0 unspecified atom stereocenters. The number of aromatic amines is 1. The van der Waals surface area contributed by atoms with E-state index in [1.807, 2.05) is 54.7 Å². The van der Waals surface area contributed by atoms with Crippen LogP contribution in [0.5, 0.6) is 0 Å². The maximum absolute atomic E-state index is 12.5. The van der Waals surface area contributed by atoms with E-state index >= 15 is 0 Å². The number of hydrogen-bond acceptors (Lipinski definition) is 2. The molecule has 0 atom stereocenters. The van der Waals surface area contributed by atoms with Crippen molar-refractivity contribution in [3.8, 4) is 0 Å². The highest BCUT2D eigenvalue weighted by molar-refractivity contribution is 6.05. The smallest absolute Gasteiger partial charge is 0.339 e. The number of para-hydroxylation sites is 1. The van der Waals surface area contributed by atoms with Gasteiger partial charge < -0.3 is 9.40 Å². The number of fused-ring (bicyclic) bond motifs is 4. The van der Waals surface area contributed by atoms with E-state index in [0.717, 1.165) is 32.6 Å². The Balaban J connectivity index is 1.71. The van der Waals surface area contributed by atoms with Gasteiger partial charge in [0.15, 0.2) is 0 Å². The molecule has 0 saturated heterocycles. The highest BCUT2D eigenvalue weighted by atomic mass is 16.4. The minimum Gasteiger partial charge on any atom is -0.422 e. The molecule has 5 aromatic rings. The van der Waals surface area contributed by atoms with Crippen molar-refractivity contribution in [3.05, 3.63) is 94.5 Å². The third-order valence-corrected chi connectivity index (χ3v) is 4.77. The summed E-state index contributed by atoms with van der Waals surface area (Å²) in [5.41, 5.74) is 3.21. The lowest BCUT2D eigenvalue weighted by Crippen LogP contribution is -2.07. The van der Waals surface area contributed by atoms with Crippen molar-refractivity contribution in [1.29, 1.82) is 0 Å². The Hall–Kier alpha value is -3.33. The van der Waals surface area contributed by atoms with Crippen LogP contribution < -0.4 is 5.63 Å². The van der Waals surface area contributed by atoms with Crippen molar-refractivity contribution in [2.24, 2.45) is 0 Å². The zero-order chi connectivity index (χ0) is 16.8. The molecule has 0 spiro atoms. The summed E-state index contributed by atoms with van der Waals surface area (Å²) in [4.78, 5) is 15.7. The van der Waals surface area contributed by atoms with Gasteiger partial charge in [0.1, 0.15) is 5.58 Å².